The highest BCUT2D eigenvalue weighted by molar-refractivity contribution is 7.89. The van der Waals surface area contributed by atoms with E-state index in [-0.39, 0.29) is 16.1 Å². The van der Waals surface area contributed by atoms with Crippen LogP contribution >= 0.6 is 0 Å². The summed E-state index contributed by atoms with van der Waals surface area (Å²) in [6, 6.07) is 2.46. The molecule has 7 heteroatoms. The van der Waals surface area contributed by atoms with Crippen molar-refractivity contribution < 1.29 is 12.8 Å². The van der Waals surface area contributed by atoms with Gasteiger partial charge in [-0.05, 0) is 39.6 Å². The van der Waals surface area contributed by atoms with Crippen molar-refractivity contribution in [2.45, 2.75) is 25.2 Å². The van der Waals surface area contributed by atoms with Crippen LogP contribution in [0.25, 0.3) is 0 Å². The maximum Gasteiger partial charge on any atom is 0.243 e. The number of likely N-dealkylation sites (N-methyl/N-ethyl adjacent to an activating group) is 1. The lowest BCUT2D eigenvalue weighted by atomic mass is 10.2. The lowest BCUT2D eigenvalue weighted by molar-refractivity contribution is 0.332. The average Bonchev–Trinajstić information content (AvgIpc) is 2.38. The van der Waals surface area contributed by atoms with Gasteiger partial charge in [0, 0.05) is 30.9 Å². The number of nitrogen functional groups attached to an aromatic ring is 1. The van der Waals surface area contributed by atoms with Gasteiger partial charge in [-0.3, -0.25) is 0 Å². The van der Waals surface area contributed by atoms with Crippen LogP contribution < -0.4 is 5.73 Å². The molecule has 2 N–H and O–H groups in total. The minimum atomic E-state index is -3.75. The largest absolute Gasteiger partial charge is 0.399 e. The van der Waals surface area contributed by atoms with Crippen LogP contribution in [0.1, 0.15) is 18.9 Å². The van der Waals surface area contributed by atoms with Gasteiger partial charge in [0.25, 0.3) is 0 Å². The van der Waals surface area contributed by atoms with E-state index >= 15 is 0 Å². The Bertz CT molecular complexity index is 588. The Labute approximate surface area is 126 Å². The first-order valence-corrected chi connectivity index (χ1v) is 8.34. The van der Waals surface area contributed by atoms with Crippen molar-refractivity contribution >= 4 is 15.7 Å². The summed E-state index contributed by atoms with van der Waals surface area (Å²) >= 11 is 0. The molecule has 1 aromatic rings. The van der Waals surface area contributed by atoms with Crippen LogP contribution in [0.3, 0.4) is 0 Å². The van der Waals surface area contributed by atoms with Crippen molar-refractivity contribution in [1.82, 2.24) is 9.21 Å². The second-order valence-electron chi connectivity index (χ2n) is 5.33. The second kappa shape index (κ2) is 7.20. The fourth-order valence-corrected chi connectivity index (χ4v) is 3.79. The number of hydrogen-bond acceptors (Lipinski definition) is 4. The first-order chi connectivity index (χ1) is 9.70. The molecule has 0 bridgehead atoms. The summed E-state index contributed by atoms with van der Waals surface area (Å²) in [6.07, 6.45) is 0.691. The van der Waals surface area contributed by atoms with Crippen molar-refractivity contribution in [3.05, 3.63) is 23.5 Å². The number of benzene rings is 1. The van der Waals surface area contributed by atoms with Gasteiger partial charge in [0.1, 0.15) is 5.82 Å². The monoisotopic (exact) mass is 317 g/mol. The number of sulfonamides is 1. The zero-order valence-electron chi connectivity index (χ0n) is 13.1. The van der Waals surface area contributed by atoms with E-state index in [2.05, 4.69) is 0 Å². The molecule has 0 atom stereocenters. The predicted octanol–water partition coefficient (Wildman–Crippen LogP) is 1.68. The van der Waals surface area contributed by atoms with E-state index in [0.717, 1.165) is 6.07 Å². The highest BCUT2D eigenvalue weighted by Gasteiger charge is 2.27. The molecule has 1 aromatic carbocycles. The fourth-order valence-electron chi connectivity index (χ4n) is 1.99. The molecule has 0 saturated heterocycles. The second-order valence-corrected chi connectivity index (χ2v) is 7.24. The van der Waals surface area contributed by atoms with Crippen molar-refractivity contribution in [3.8, 4) is 0 Å². The van der Waals surface area contributed by atoms with Crippen LogP contribution in [0.4, 0.5) is 10.1 Å². The number of anilines is 1. The van der Waals surface area contributed by atoms with Gasteiger partial charge in [0.15, 0.2) is 0 Å². The van der Waals surface area contributed by atoms with Gasteiger partial charge in [-0.25, -0.2) is 12.8 Å². The van der Waals surface area contributed by atoms with Gasteiger partial charge < -0.3 is 10.6 Å². The van der Waals surface area contributed by atoms with E-state index in [4.69, 9.17) is 5.73 Å². The molecule has 1 rings (SSSR count). The molecule has 0 unspecified atom stereocenters. The minimum absolute atomic E-state index is 0.0489. The maximum atomic E-state index is 13.8. The molecule has 0 fully saturated rings. The van der Waals surface area contributed by atoms with E-state index in [1.807, 2.05) is 25.9 Å². The van der Waals surface area contributed by atoms with Gasteiger partial charge in [-0.2, -0.15) is 4.31 Å². The SMILES string of the molecule is CCCN(CCN(C)C)S(=O)(=O)c1cc(N)cc(F)c1C. The Balaban J connectivity index is 3.22. The van der Waals surface area contributed by atoms with Gasteiger partial charge in [0.2, 0.25) is 10.0 Å². The highest BCUT2D eigenvalue weighted by Crippen LogP contribution is 2.25. The highest BCUT2D eigenvalue weighted by atomic mass is 32.2. The molecule has 21 heavy (non-hydrogen) atoms. The molecule has 0 aliphatic rings. The number of nitrogens with zero attached hydrogens (tertiary/aromatic N) is 2. The van der Waals surface area contributed by atoms with Crippen molar-refractivity contribution in [1.29, 1.82) is 0 Å². The number of hydrogen-bond donors (Lipinski definition) is 1. The minimum Gasteiger partial charge on any atom is -0.399 e. The van der Waals surface area contributed by atoms with Gasteiger partial charge >= 0.3 is 0 Å². The first-order valence-electron chi connectivity index (χ1n) is 6.90. The number of rotatable bonds is 7. The Morgan fingerprint density at radius 1 is 1.19 bits per heavy atom. The molecule has 0 spiro atoms. The molecular formula is C14H24FN3O2S. The lowest BCUT2D eigenvalue weighted by Gasteiger charge is -2.24. The average molecular weight is 317 g/mol. The third kappa shape index (κ3) is 4.39. The maximum absolute atomic E-state index is 13.8. The molecule has 0 amide bonds. The summed E-state index contributed by atoms with van der Waals surface area (Å²) in [6.45, 7) is 4.72. The summed E-state index contributed by atoms with van der Waals surface area (Å²) in [5.74, 6) is -0.599. The molecular weight excluding hydrogens is 293 g/mol. The number of nitrogens with two attached hydrogens (primary N) is 1. The van der Waals surface area contributed by atoms with Crippen LogP contribution in [0.2, 0.25) is 0 Å². The Morgan fingerprint density at radius 2 is 1.81 bits per heavy atom. The van der Waals surface area contributed by atoms with Gasteiger partial charge in [0.05, 0.1) is 4.90 Å². The molecule has 0 aliphatic carbocycles. The van der Waals surface area contributed by atoms with Gasteiger partial charge in [-0.15, -0.1) is 0 Å². The third-order valence-corrected chi connectivity index (χ3v) is 5.23. The number of halogens is 1. The van der Waals surface area contributed by atoms with Crippen molar-refractivity contribution in [3.63, 3.8) is 0 Å². The molecule has 0 aromatic heterocycles. The van der Waals surface area contributed by atoms with Gasteiger partial charge in [-0.1, -0.05) is 6.92 Å². The van der Waals surface area contributed by atoms with Crippen LogP contribution in [0.15, 0.2) is 17.0 Å². The van der Waals surface area contributed by atoms with E-state index in [1.165, 1.54) is 17.3 Å². The predicted molar refractivity (Wildman–Crippen MR) is 83.2 cm³/mol. The molecule has 0 radical (unpaired) electrons. The quantitative estimate of drug-likeness (QED) is 0.777. The molecule has 0 aliphatic heterocycles. The van der Waals surface area contributed by atoms with E-state index in [1.54, 1.807) is 0 Å². The normalized spacial score (nSPS) is 12.3. The fraction of sp³-hybridized carbons (Fsp3) is 0.571. The van der Waals surface area contributed by atoms with Crippen molar-refractivity contribution in [2.24, 2.45) is 0 Å². The van der Waals surface area contributed by atoms with E-state index in [9.17, 15) is 12.8 Å². The topological polar surface area (TPSA) is 66.6 Å². The Hall–Kier alpha value is -1.18. The third-order valence-electron chi connectivity index (χ3n) is 3.21. The van der Waals surface area contributed by atoms with Crippen LogP contribution in [0.5, 0.6) is 0 Å². The molecule has 0 heterocycles. The van der Waals surface area contributed by atoms with Crippen LogP contribution in [-0.4, -0.2) is 51.4 Å². The van der Waals surface area contributed by atoms with Crippen LogP contribution in [-0.2, 0) is 10.0 Å². The zero-order valence-corrected chi connectivity index (χ0v) is 13.9. The molecule has 0 saturated carbocycles. The molecule has 5 nitrogen and oxygen atoms in total. The van der Waals surface area contributed by atoms with Crippen molar-refractivity contribution in [2.75, 3.05) is 39.5 Å². The first kappa shape index (κ1) is 17.9. The summed E-state index contributed by atoms with van der Waals surface area (Å²) in [5, 5.41) is 0. The molecule has 120 valence electrons. The van der Waals surface area contributed by atoms with Crippen LogP contribution in [0, 0.1) is 12.7 Å². The smallest absolute Gasteiger partial charge is 0.243 e. The summed E-state index contributed by atoms with van der Waals surface area (Å²) in [5.41, 5.74) is 5.81. The summed E-state index contributed by atoms with van der Waals surface area (Å²) in [7, 11) is 0.00641. The summed E-state index contributed by atoms with van der Waals surface area (Å²) in [4.78, 5) is 1.86. The van der Waals surface area contributed by atoms with E-state index < -0.39 is 15.8 Å². The lowest BCUT2D eigenvalue weighted by Crippen LogP contribution is -2.37. The standard InChI is InChI=1S/C14H24FN3O2S/c1-5-6-18(8-7-17(3)4)21(19,20)14-10-12(16)9-13(15)11(14)2/h9-10H,5-8,16H2,1-4H3. The Kier molecular flexibility index (Phi) is 6.12. The van der Waals surface area contributed by atoms with E-state index in [0.29, 0.717) is 26.1 Å². The summed E-state index contributed by atoms with van der Waals surface area (Å²) < 4.78 is 40.6. The Morgan fingerprint density at radius 3 is 2.33 bits per heavy atom. The zero-order chi connectivity index (χ0) is 16.2.